The summed E-state index contributed by atoms with van der Waals surface area (Å²) in [6, 6.07) is 12.0. The molecule has 0 bridgehead atoms. The quantitative estimate of drug-likeness (QED) is 0.751. The zero-order valence-corrected chi connectivity index (χ0v) is 15.9. The number of aromatic nitrogens is 3. The largest absolute Gasteiger partial charge is 0.381 e. The summed E-state index contributed by atoms with van der Waals surface area (Å²) < 4.78 is 5.59. The molecule has 0 spiro atoms. The Kier molecular flexibility index (Phi) is 5.01. The van der Waals surface area contributed by atoms with Crippen LogP contribution in [0.25, 0.3) is 22.3 Å². The zero-order chi connectivity index (χ0) is 18.7. The van der Waals surface area contributed by atoms with Gasteiger partial charge in [0.05, 0.1) is 5.52 Å². The van der Waals surface area contributed by atoms with Crippen LogP contribution in [0.4, 0.5) is 5.82 Å². The summed E-state index contributed by atoms with van der Waals surface area (Å²) >= 11 is 0. The van der Waals surface area contributed by atoms with E-state index < -0.39 is 0 Å². The van der Waals surface area contributed by atoms with Gasteiger partial charge >= 0.3 is 0 Å². The number of pyridine rings is 1. The molecule has 0 amide bonds. The molecule has 1 aliphatic heterocycles. The number of hydrogen-bond acceptors (Lipinski definition) is 6. The predicted octanol–water partition coefficient (Wildman–Crippen LogP) is 3.21. The molecule has 4 rings (SSSR count). The Bertz CT molecular complexity index is 907. The van der Waals surface area contributed by atoms with Gasteiger partial charge in [-0.05, 0) is 51.2 Å². The molecule has 1 aromatic carbocycles. The third kappa shape index (κ3) is 3.63. The summed E-state index contributed by atoms with van der Waals surface area (Å²) in [5, 5.41) is 4.65. The summed E-state index contributed by atoms with van der Waals surface area (Å²) in [6.07, 6.45) is 5.57. The van der Waals surface area contributed by atoms with E-state index in [4.69, 9.17) is 14.7 Å². The van der Waals surface area contributed by atoms with Crippen molar-refractivity contribution in [1.82, 2.24) is 19.9 Å². The van der Waals surface area contributed by atoms with Crippen LogP contribution in [0.2, 0.25) is 0 Å². The number of likely N-dealkylation sites (N-methyl/N-ethyl adjacent to an activating group) is 1. The number of fused-ring (bicyclic) bond motifs is 1. The second-order valence-electron chi connectivity index (χ2n) is 7.24. The van der Waals surface area contributed by atoms with Crippen LogP contribution in [0.15, 0.2) is 48.8 Å². The number of nitrogens with zero attached hydrogens (tertiary/aromatic N) is 4. The van der Waals surface area contributed by atoms with Gasteiger partial charge in [0.1, 0.15) is 5.82 Å². The van der Waals surface area contributed by atoms with E-state index in [-0.39, 0.29) is 5.54 Å². The van der Waals surface area contributed by atoms with Crippen molar-refractivity contribution in [1.29, 1.82) is 0 Å². The molecule has 1 aliphatic rings. The van der Waals surface area contributed by atoms with Gasteiger partial charge < -0.3 is 15.0 Å². The summed E-state index contributed by atoms with van der Waals surface area (Å²) in [6.45, 7) is 2.41. The summed E-state index contributed by atoms with van der Waals surface area (Å²) in [5.41, 5.74) is 1.91. The Morgan fingerprint density at radius 2 is 1.89 bits per heavy atom. The van der Waals surface area contributed by atoms with Gasteiger partial charge in [0.25, 0.3) is 0 Å². The molecule has 0 aliphatic carbocycles. The monoisotopic (exact) mass is 363 g/mol. The molecule has 27 heavy (non-hydrogen) atoms. The van der Waals surface area contributed by atoms with Crippen LogP contribution in [0.5, 0.6) is 0 Å². The SMILES string of the molecule is CN(C)C1(CNc2nc(-c3cccnc3)nc3ccccc23)CCOCC1. The number of rotatable bonds is 5. The Morgan fingerprint density at radius 1 is 1.07 bits per heavy atom. The standard InChI is InChI=1S/C21H25N5O/c1-26(2)21(9-12-27-13-10-21)15-23-20-17-7-3-4-8-18(17)24-19(25-20)16-6-5-11-22-14-16/h3-8,11,14H,9-10,12-13,15H2,1-2H3,(H,23,24,25). The highest BCUT2D eigenvalue weighted by Crippen LogP contribution is 2.29. The lowest BCUT2D eigenvalue weighted by molar-refractivity contribution is -0.000650. The lowest BCUT2D eigenvalue weighted by Crippen LogP contribution is -2.53. The highest BCUT2D eigenvalue weighted by molar-refractivity contribution is 5.90. The second-order valence-corrected chi connectivity index (χ2v) is 7.24. The van der Waals surface area contributed by atoms with E-state index in [1.165, 1.54) is 0 Å². The van der Waals surface area contributed by atoms with Gasteiger partial charge in [0.2, 0.25) is 0 Å². The third-order valence-corrected chi connectivity index (χ3v) is 5.48. The predicted molar refractivity (Wildman–Crippen MR) is 108 cm³/mol. The van der Waals surface area contributed by atoms with Gasteiger partial charge in [-0.1, -0.05) is 12.1 Å². The number of benzene rings is 1. The third-order valence-electron chi connectivity index (χ3n) is 5.48. The van der Waals surface area contributed by atoms with Crippen LogP contribution in [-0.4, -0.2) is 59.2 Å². The Morgan fingerprint density at radius 3 is 2.63 bits per heavy atom. The zero-order valence-electron chi connectivity index (χ0n) is 15.9. The van der Waals surface area contributed by atoms with Gasteiger partial charge in [-0.15, -0.1) is 0 Å². The summed E-state index contributed by atoms with van der Waals surface area (Å²) in [7, 11) is 4.29. The maximum Gasteiger partial charge on any atom is 0.163 e. The normalized spacial score (nSPS) is 16.6. The van der Waals surface area contributed by atoms with Gasteiger partial charge in [-0.25, -0.2) is 9.97 Å². The minimum absolute atomic E-state index is 0.0682. The molecule has 0 atom stereocenters. The fourth-order valence-electron chi connectivity index (χ4n) is 3.62. The first-order valence-electron chi connectivity index (χ1n) is 9.34. The van der Waals surface area contributed by atoms with Gasteiger partial charge in [-0.3, -0.25) is 4.98 Å². The van der Waals surface area contributed by atoms with E-state index in [9.17, 15) is 0 Å². The molecule has 0 unspecified atom stereocenters. The lowest BCUT2D eigenvalue weighted by Gasteiger charge is -2.43. The van der Waals surface area contributed by atoms with Crippen LogP contribution >= 0.6 is 0 Å². The molecule has 0 radical (unpaired) electrons. The number of nitrogens with one attached hydrogen (secondary N) is 1. The molecule has 1 saturated heterocycles. The Balaban J connectivity index is 1.70. The molecular weight excluding hydrogens is 338 g/mol. The number of anilines is 1. The second kappa shape index (κ2) is 7.58. The van der Waals surface area contributed by atoms with Gasteiger partial charge in [0, 0.05) is 48.6 Å². The van der Waals surface area contributed by atoms with Crippen LogP contribution in [0.1, 0.15) is 12.8 Å². The van der Waals surface area contributed by atoms with E-state index in [0.29, 0.717) is 5.82 Å². The first-order chi connectivity index (χ1) is 13.2. The maximum absolute atomic E-state index is 5.59. The molecule has 3 aromatic rings. The van der Waals surface area contributed by atoms with Gasteiger partial charge in [-0.2, -0.15) is 0 Å². The van der Waals surface area contributed by atoms with Crippen molar-refractivity contribution in [3.05, 3.63) is 48.8 Å². The lowest BCUT2D eigenvalue weighted by atomic mass is 9.88. The van der Waals surface area contributed by atoms with E-state index in [0.717, 1.165) is 54.9 Å². The molecule has 6 nitrogen and oxygen atoms in total. The molecule has 2 aromatic heterocycles. The minimum Gasteiger partial charge on any atom is -0.381 e. The van der Waals surface area contributed by atoms with E-state index in [1.807, 2.05) is 30.3 Å². The van der Waals surface area contributed by atoms with Crippen molar-refractivity contribution in [2.45, 2.75) is 18.4 Å². The van der Waals surface area contributed by atoms with Crippen molar-refractivity contribution in [2.75, 3.05) is 39.2 Å². The fourth-order valence-corrected chi connectivity index (χ4v) is 3.62. The Hall–Kier alpha value is -2.57. The first kappa shape index (κ1) is 17.8. The minimum atomic E-state index is 0.0682. The molecule has 1 fully saturated rings. The number of hydrogen-bond donors (Lipinski definition) is 1. The van der Waals surface area contributed by atoms with Crippen molar-refractivity contribution in [2.24, 2.45) is 0 Å². The molecule has 0 saturated carbocycles. The van der Waals surface area contributed by atoms with Crippen molar-refractivity contribution >= 4 is 16.7 Å². The van der Waals surface area contributed by atoms with E-state index >= 15 is 0 Å². The average Bonchev–Trinajstić information content (AvgIpc) is 2.73. The first-order valence-corrected chi connectivity index (χ1v) is 9.34. The maximum atomic E-state index is 5.59. The van der Waals surface area contributed by atoms with Crippen LogP contribution in [0.3, 0.4) is 0 Å². The summed E-state index contributed by atoms with van der Waals surface area (Å²) in [5.74, 6) is 1.56. The van der Waals surface area contributed by atoms with E-state index in [2.05, 4.69) is 35.4 Å². The van der Waals surface area contributed by atoms with Crippen molar-refractivity contribution in [3.63, 3.8) is 0 Å². The van der Waals surface area contributed by atoms with Crippen molar-refractivity contribution in [3.8, 4) is 11.4 Å². The van der Waals surface area contributed by atoms with Crippen molar-refractivity contribution < 1.29 is 4.74 Å². The van der Waals surface area contributed by atoms with Crippen LogP contribution in [-0.2, 0) is 4.74 Å². The molecule has 140 valence electrons. The highest BCUT2D eigenvalue weighted by Gasteiger charge is 2.34. The van der Waals surface area contributed by atoms with E-state index in [1.54, 1.807) is 12.4 Å². The molecular formula is C21H25N5O. The highest BCUT2D eigenvalue weighted by atomic mass is 16.5. The molecule has 1 N–H and O–H groups in total. The fraction of sp³-hybridized carbons (Fsp3) is 0.381. The van der Waals surface area contributed by atoms with Gasteiger partial charge in [0.15, 0.2) is 5.82 Å². The smallest absolute Gasteiger partial charge is 0.163 e. The molecule has 3 heterocycles. The average molecular weight is 363 g/mol. The number of para-hydroxylation sites is 1. The van der Waals surface area contributed by atoms with Crippen LogP contribution in [0, 0.1) is 0 Å². The van der Waals surface area contributed by atoms with Crippen LogP contribution < -0.4 is 5.32 Å². The molecule has 6 heteroatoms. The summed E-state index contributed by atoms with van der Waals surface area (Å²) in [4.78, 5) is 16.1. The Labute approximate surface area is 159 Å². The topological polar surface area (TPSA) is 63.2 Å². The number of ether oxygens (including phenoxy) is 1.